The highest BCUT2D eigenvalue weighted by Gasteiger charge is 2.18. The average molecular weight is 213 g/mol. The van der Waals surface area contributed by atoms with Crippen LogP contribution >= 0.6 is 0 Å². The van der Waals surface area contributed by atoms with Gasteiger partial charge in [-0.3, -0.25) is 0 Å². The van der Waals surface area contributed by atoms with Crippen LogP contribution in [0.25, 0.3) is 0 Å². The molecular weight excluding hydrogens is 182 g/mol. The van der Waals surface area contributed by atoms with Crippen molar-refractivity contribution in [3.8, 4) is 0 Å². The van der Waals surface area contributed by atoms with Gasteiger partial charge in [-0.2, -0.15) is 0 Å². The van der Waals surface area contributed by atoms with Gasteiger partial charge >= 0.3 is 0 Å². The van der Waals surface area contributed by atoms with Crippen molar-refractivity contribution in [2.24, 2.45) is 11.8 Å². The Hall–Kier alpha value is -0.0400. The molecule has 0 fully saturated rings. The van der Waals surface area contributed by atoms with Crippen molar-refractivity contribution in [2.45, 2.75) is 72.3 Å². The van der Waals surface area contributed by atoms with Gasteiger partial charge in [-0.15, -0.1) is 0 Å². The van der Waals surface area contributed by atoms with E-state index < -0.39 is 0 Å². The lowest BCUT2D eigenvalue weighted by atomic mass is 9.85. The normalized spacial score (nSPS) is 15.6. The first-order chi connectivity index (χ1) is 7.13. The molecule has 0 aliphatic heterocycles. The van der Waals surface area contributed by atoms with Crippen LogP contribution < -0.4 is 5.32 Å². The molecule has 0 rings (SSSR count). The maximum Gasteiger partial charge on any atom is 0.00664 e. The summed E-state index contributed by atoms with van der Waals surface area (Å²) in [4.78, 5) is 0. The van der Waals surface area contributed by atoms with Crippen LogP contribution in [0.5, 0.6) is 0 Å². The predicted molar refractivity (Wildman–Crippen MR) is 70.2 cm³/mol. The standard InChI is InChI=1S/C14H31N/c1-6-7-8-9-10-11-14(12(2)3)13(4)15-5/h12-15H,6-11H2,1-5H3. The Morgan fingerprint density at radius 3 is 2.00 bits per heavy atom. The van der Waals surface area contributed by atoms with Gasteiger partial charge < -0.3 is 5.32 Å². The summed E-state index contributed by atoms with van der Waals surface area (Å²) in [5.41, 5.74) is 0. The Balaban J connectivity index is 3.67. The summed E-state index contributed by atoms with van der Waals surface area (Å²) in [6.07, 6.45) is 8.41. The van der Waals surface area contributed by atoms with Crippen molar-refractivity contribution in [1.29, 1.82) is 0 Å². The summed E-state index contributed by atoms with van der Waals surface area (Å²) in [6.45, 7) is 9.30. The van der Waals surface area contributed by atoms with Gasteiger partial charge in [0.2, 0.25) is 0 Å². The number of rotatable bonds is 9. The zero-order valence-electron chi connectivity index (χ0n) is 11.5. The van der Waals surface area contributed by atoms with Crippen molar-refractivity contribution in [1.82, 2.24) is 5.32 Å². The van der Waals surface area contributed by atoms with Crippen LogP contribution in [0.1, 0.15) is 66.2 Å². The molecular formula is C14H31N. The predicted octanol–water partition coefficient (Wildman–Crippen LogP) is 4.23. The maximum absolute atomic E-state index is 3.40. The van der Waals surface area contributed by atoms with Crippen LogP contribution in [0, 0.1) is 11.8 Å². The van der Waals surface area contributed by atoms with E-state index in [1.807, 2.05) is 0 Å². The highest BCUT2D eigenvalue weighted by atomic mass is 14.9. The van der Waals surface area contributed by atoms with E-state index in [0.29, 0.717) is 6.04 Å². The van der Waals surface area contributed by atoms with E-state index >= 15 is 0 Å². The van der Waals surface area contributed by atoms with Gasteiger partial charge in [0.15, 0.2) is 0 Å². The first-order valence-corrected chi connectivity index (χ1v) is 6.80. The Labute approximate surface area is 97.0 Å². The fraction of sp³-hybridized carbons (Fsp3) is 1.00. The van der Waals surface area contributed by atoms with E-state index in [1.54, 1.807) is 0 Å². The molecule has 0 saturated heterocycles. The molecule has 0 aromatic heterocycles. The minimum Gasteiger partial charge on any atom is -0.317 e. The van der Waals surface area contributed by atoms with Crippen molar-refractivity contribution in [3.63, 3.8) is 0 Å². The molecule has 0 aliphatic carbocycles. The SMILES string of the molecule is CCCCCCCC(C(C)C)C(C)NC. The topological polar surface area (TPSA) is 12.0 Å². The highest BCUT2D eigenvalue weighted by molar-refractivity contribution is 4.73. The average Bonchev–Trinajstić information content (AvgIpc) is 2.22. The monoisotopic (exact) mass is 213 g/mol. The summed E-state index contributed by atoms with van der Waals surface area (Å²) >= 11 is 0. The minimum atomic E-state index is 0.663. The van der Waals surface area contributed by atoms with E-state index in [0.717, 1.165) is 11.8 Å². The van der Waals surface area contributed by atoms with Crippen LogP contribution in [0.2, 0.25) is 0 Å². The number of nitrogens with one attached hydrogen (secondary N) is 1. The van der Waals surface area contributed by atoms with Gasteiger partial charge in [-0.1, -0.05) is 52.9 Å². The Morgan fingerprint density at radius 1 is 0.933 bits per heavy atom. The van der Waals surface area contributed by atoms with Gasteiger partial charge in [0.25, 0.3) is 0 Å². The first-order valence-electron chi connectivity index (χ1n) is 6.80. The molecule has 1 heteroatoms. The van der Waals surface area contributed by atoms with Gasteiger partial charge in [0.05, 0.1) is 0 Å². The van der Waals surface area contributed by atoms with E-state index in [2.05, 4.69) is 40.1 Å². The summed E-state index contributed by atoms with van der Waals surface area (Å²) in [7, 11) is 2.08. The van der Waals surface area contributed by atoms with Gasteiger partial charge in [0, 0.05) is 6.04 Å². The molecule has 0 aromatic rings. The zero-order valence-corrected chi connectivity index (χ0v) is 11.5. The third kappa shape index (κ3) is 6.94. The third-order valence-electron chi connectivity index (χ3n) is 3.59. The molecule has 2 unspecified atom stereocenters. The third-order valence-corrected chi connectivity index (χ3v) is 3.59. The van der Waals surface area contributed by atoms with E-state index in [-0.39, 0.29) is 0 Å². The molecule has 15 heavy (non-hydrogen) atoms. The number of unbranched alkanes of at least 4 members (excludes halogenated alkanes) is 4. The summed E-state index contributed by atoms with van der Waals surface area (Å²) in [5, 5.41) is 3.40. The van der Waals surface area contributed by atoms with Crippen LogP contribution in [0.3, 0.4) is 0 Å². The van der Waals surface area contributed by atoms with Crippen molar-refractivity contribution in [3.05, 3.63) is 0 Å². The molecule has 0 aliphatic rings. The number of hydrogen-bond donors (Lipinski definition) is 1. The lowest BCUT2D eigenvalue weighted by molar-refractivity contribution is 0.275. The second-order valence-electron chi connectivity index (χ2n) is 5.19. The zero-order chi connectivity index (χ0) is 11.7. The first kappa shape index (κ1) is 15.0. The van der Waals surface area contributed by atoms with Gasteiger partial charge in [-0.05, 0) is 32.2 Å². The fourth-order valence-corrected chi connectivity index (χ4v) is 2.36. The molecule has 2 atom stereocenters. The molecule has 0 heterocycles. The number of hydrogen-bond acceptors (Lipinski definition) is 1. The lowest BCUT2D eigenvalue weighted by Crippen LogP contribution is -2.33. The van der Waals surface area contributed by atoms with Gasteiger partial charge in [0.1, 0.15) is 0 Å². The molecule has 1 N–H and O–H groups in total. The maximum atomic E-state index is 3.40. The van der Waals surface area contributed by atoms with Crippen molar-refractivity contribution in [2.75, 3.05) is 7.05 Å². The molecule has 0 aromatic carbocycles. The van der Waals surface area contributed by atoms with Crippen LogP contribution in [-0.2, 0) is 0 Å². The Morgan fingerprint density at radius 2 is 1.53 bits per heavy atom. The molecule has 0 amide bonds. The molecule has 0 saturated carbocycles. The Kier molecular flexibility index (Phi) is 9.18. The van der Waals surface area contributed by atoms with E-state index in [4.69, 9.17) is 0 Å². The fourth-order valence-electron chi connectivity index (χ4n) is 2.36. The summed E-state index contributed by atoms with van der Waals surface area (Å²) < 4.78 is 0. The minimum absolute atomic E-state index is 0.663. The second-order valence-corrected chi connectivity index (χ2v) is 5.19. The Bertz CT molecular complexity index is 131. The molecule has 1 nitrogen and oxygen atoms in total. The second kappa shape index (κ2) is 9.21. The summed E-state index contributed by atoms with van der Waals surface area (Å²) in [6, 6.07) is 0.663. The molecule has 0 radical (unpaired) electrons. The lowest BCUT2D eigenvalue weighted by Gasteiger charge is -2.27. The highest BCUT2D eigenvalue weighted by Crippen LogP contribution is 2.22. The van der Waals surface area contributed by atoms with Crippen LogP contribution in [0.15, 0.2) is 0 Å². The van der Waals surface area contributed by atoms with E-state index in [9.17, 15) is 0 Å². The van der Waals surface area contributed by atoms with Crippen LogP contribution in [-0.4, -0.2) is 13.1 Å². The summed E-state index contributed by atoms with van der Waals surface area (Å²) in [5.74, 6) is 1.65. The van der Waals surface area contributed by atoms with Crippen LogP contribution in [0.4, 0.5) is 0 Å². The van der Waals surface area contributed by atoms with Crippen molar-refractivity contribution >= 4 is 0 Å². The smallest absolute Gasteiger partial charge is 0.00664 e. The molecule has 0 spiro atoms. The van der Waals surface area contributed by atoms with Crippen molar-refractivity contribution < 1.29 is 0 Å². The molecule has 0 bridgehead atoms. The largest absolute Gasteiger partial charge is 0.317 e. The van der Waals surface area contributed by atoms with E-state index in [1.165, 1.54) is 38.5 Å². The molecule has 92 valence electrons. The quantitative estimate of drug-likeness (QED) is 0.565. The van der Waals surface area contributed by atoms with Gasteiger partial charge in [-0.25, -0.2) is 0 Å².